The SMILES string of the molecule is COC(=O)c1ccc(CN2C(=O)N/C(=C/c3cc(Cl)cc(OC)c3OCc3cccc(C)c3)C2=O)o1. The molecule has 2 aromatic carbocycles. The molecule has 1 fully saturated rings. The van der Waals surface area contributed by atoms with Gasteiger partial charge in [0.2, 0.25) is 5.76 Å². The average molecular weight is 511 g/mol. The minimum atomic E-state index is -0.660. The number of furan rings is 1. The smallest absolute Gasteiger partial charge is 0.373 e. The number of benzene rings is 2. The number of aryl methyl sites for hydroxylation is 1. The molecule has 4 rings (SSSR count). The normalized spacial score (nSPS) is 14.2. The molecule has 1 N–H and O–H groups in total. The van der Waals surface area contributed by atoms with Crippen LogP contribution in [0.3, 0.4) is 0 Å². The molecule has 3 aromatic rings. The van der Waals surface area contributed by atoms with E-state index < -0.39 is 17.9 Å². The predicted molar refractivity (Wildman–Crippen MR) is 131 cm³/mol. The number of methoxy groups -OCH3 is 2. The molecule has 186 valence electrons. The molecule has 0 radical (unpaired) electrons. The molecule has 0 saturated carbocycles. The molecule has 0 spiro atoms. The highest BCUT2D eigenvalue weighted by Crippen LogP contribution is 2.37. The molecule has 3 amide bonds. The zero-order valence-electron chi connectivity index (χ0n) is 19.8. The summed E-state index contributed by atoms with van der Waals surface area (Å²) in [7, 11) is 2.71. The van der Waals surface area contributed by atoms with Crippen LogP contribution in [-0.4, -0.2) is 37.0 Å². The molecule has 0 aliphatic carbocycles. The quantitative estimate of drug-likeness (QED) is 0.265. The number of nitrogens with zero attached hydrogens (tertiary/aromatic N) is 1. The molecular formula is C26H23ClN2O7. The van der Waals surface area contributed by atoms with E-state index in [-0.39, 0.29) is 30.4 Å². The molecule has 1 aliphatic heterocycles. The summed E-state index contributed by atoms with van der Waals surface area (Å²) < 4.78 is 21.5. The maximum absolute atomic E-state index is 13.0. The van der Waals surface area contributed by atoms with E-state index in [4.69, 9.17) is 25.5 Å². The topological polar surface area (TPSA) is 107 Å². The second kappa shape index (κ2) is 10.6. The van der Waals surface area contributed by atoms with Crippen molar-refractivity contribution >= 4 is 35.6 Å². The Labute approximate surface area is 212 Å². The van der Waals surface area contributed by atoms with E-state index in [0.29, 0.717) is 22.1 Å². The summed E-state index contributed by atoms with van der Waals surface area (Å²) in [6, 6.07) is 13.3. The molecule has 9 nitrogen and oxygen atoms in total. The van der Waals surface area contributed by atoms with Crippen LogP contribution in [-0.2, 0) is 22.7 Å². The van der Waals surface area contributed by atoms with Gasteiger partial charge in [0.1, 0.15) is 18.1 Å². The lowest BCUT2D eigenvalue weighted by molar-refractivity contribution is -0.123. The summed E-state index contributed by atoms with van der Waals surface area (Å²) >= 11 is 6.27. The second-order valence-electron chi connectivity index (χ2n) is 7.94. The van der Waals surface area contributed by atoms with Gasteiger partial charge in [-0.25, -0.2) is 9.59 Å². The van der Waals surface area contributed by atoms with Crippen LogP contribution in [0.15, 0.2) is 58.6 Å². The molecular weight excluding hydrogens is 488 g/mol. The van der Waals surface area contributed by atoms with Crippen LogP contribution in [0.4, 0.5) is 4.79 Å². The summed E-state index contributed by atoms with van der Waals surface area (Å²) in [5.74, 6) is -0.290. The number of ether oxygens (including phenoxy) is 3. The first-order chi connectivity index (χ1) is 17.3. The largest absolute Gasteiger partial charge is 0.493 e. The Balaban J connectivity index is 1.59. The van der Waals surface area contributed by atoms with Crippen molar-refractivity contribution in [1.82, 2.24) is 10.2 Å². The van der Waals surface area contributed by atoms with Gasteiger partial charge in [-0.1, -0.05) is 41.4 Å². The first-order valence-electron chi connectivity index (χ1n) is 10.9. The lowest BCUT2D eigenvalue weighted by Gasteiger charge is -2.15. The first-order valence-corrected chi connectivity index (χ1v) is 11.2. The lowest BCUT2D eigenvalue weighted by Crippen LogP contribution is -2.30. The third-order valence-corrected chi connectivity index (χ3v) is 5.58. The fourth-order valence-corrected chi connectivity index (χ4v) is 3.88. The second-order valence-corrected chi connectivity index (χ2v) is 8.38. The number of nitrogens with one attached hydrogen (secondary N) is 1. The monoisotopic (exact) mass is 510 g/mol. The van der Waals surface area contributed by atoms with Crippen LogP contribution < -0.4 is 14.8 Å². The third-order valence-electron chi connectivity index (χ3n) is 5.36. The molecule has 2 heterocycles. The van der Waals surface area contributed by atoms with Crippen LogP contribution in [0.1, 0.15) is 33.0 Å². The Hall–Kier alpha value is -4.24. The van der Waals surface area contributed by atoms with Crippen molar-refractivity contribution in [2.45, 2.75) is 20.1 Å². The Morgan fingerprint density at radius 1 is 1.14 bits per heavy atom. The van der Waals surface area contributed by atoms with Gasteiger partial charge < -0.3 is 23.9 Å². The highest BCUT2D eigenvalue weighted by atomic mass is 35.5. The minimum Gasteiger partial charge on any atom is -0.493 e. The van der Waals surface area contributed by atoms with E-state index in [1.54, 1.807) is 12.1 Å². The zero-order valence-corrected chi connectivity index (χ0v) is 20.5. The van der Waals surface area contributed by atoms with Crippen LogP contribution in [0.5, 0.6) is 11.5 Å². The van der Waals surface area contributed by atoms with Gasteiger partial charge in [-0.15, -0.1) is 0 Å². The molecule has 10 heteroatoms. The zero-order chi connectivity index (χ0) is 25.8. The van der Waals surface area contributed by atoms with Gasteiger partial charge >= 0.3 is 12.0 Å². The molecule has 1 saturated heterocycles. The standard InChI is InChI=1S/C26H23ClN2O7/c1-15-5-4-6-16(9-15)14-35-23-17(10-18(27)12-22(23)33-2)11-20-24(30)29(26(32)28-20)13-19-7-8-21(36-19)25(31)34-3/h4-12H,13-14H2,1-3H3,(H,28,32)/b20-11+. The number of urea groups is 1. The fraction of sp³-hybridized carbons (Fsp3) is 0.192. The van der Waals surface area contributed by atoms with Gasteiger partial charge in [0.25, 0.3) is 5.91 Å². The van der Waals surface area contributed by atoms with Gasteiger partial charge in [-0.05, 0) is 36.8 Å². The van der Waals surface area contributed by atoms with Crippen LogP contribution in [0.25, 0.3) is 6.08 Å². The highest BCUT2D eigenvalue weighted by Gasteiger charge is 2.34. The van der Waals surface area contributed by atoms with Crippen molar-refractivity contribution in [3.8, 4) is 11.5 Å². The van der Waals surface area contributed by atoms with E-state index in [9.17, 15) is 14.4 Å². The van der Waals surface area contributed by atoms with Crippen molar-refractivity contribution in [1.29, 1.82) is 0 Å². The number of halogens is 1. The summed E-state index contributed by atoms with van der Waals surface area (Å²) in [5, 5.41) is 2.92. The number of amides is 3. The molecule has 0 unspecified atom stereocenters. The molecule has 0 bridgehead atoms. The van der Waals surface area contributed by atoms with Crippen molar-refractivity contribution < 1.29 is 33.0 Å². The van der Waals surface area contributed by atoms with E-state index in [2.05, 4.69) is 10.1 Å². The minimum absolute atomic E-state index is 0.0180. The number of carbonyl (C=O) groups is 3. The predicted octanol–water partition coefficient (Wildman–Crippen LogP) is 4.71. The Bertz CT molecular complexity index is 1360. The van der Waals surface area contributed by atoms with Crippen LogP contribution >= 0.6 is 11.6 Å². The van der Waals surface area contributed by atoms with E-state index in [1.807, 2.05) is 31.2 Å². The summed E-state index contributed by atoms with van der Waals surface area (Å²) in [6.07, 6.45) is 1.47. The van der Waals surface area contributed by atoms with E-state index in [0.717, 1.165) is 16.0 Å². The first kappa shape index (κ1) is 24.9. The van der Waals surface area contributed by atoms with Gasteiger partial charge in [0, 0.05) is 16.7 Å². The number of rotatable bonds is 8. The highest BCUT2D eigenvalue weighted by molar-refractivity contribution is 6.31. The number of carbonyl (C=O) groups excluding carboxylic acids is 3. The van der Waals surface area contributed by atoms with Gasteiger partial charge in [-0.2, -0.15) is 0 Å². The molecule has 36 heavy (non-hydrogen) atoms. The molecule has 1 aromatic heterocycles. The third kappa shape index (κ3) is 5.36. The van der Waals surface area contributed by atoms with Gasteiger partial charge in [0.15, 0.2) is 11.5 Å². The molecule has 1 aliphatic rings. The average Bonchev–Trinajstić information content (AvgIpc) is 3.43. The summed E-state index contributed by atoms with van der Waals surface area (Å²) in [6.45, 7) is 2.07. The number of hydrogen-bond acceptors (Lipinski definition) is 7. The number of imide groups is 1. The maximum atomic E-state index is 13.0. The summed E-state index contributed by atoms with van der Waals surface area (Å²) in [4.78, 5) is 38.1. The van der Waals surface area contributed by atoms with E-state index in [1.165, 1.54) is 32.4 Å². The Morgan fingerprint density at radius 3 is 2.67 bits per heavy atom. The number of hydrogen-bond donors (Lipinski definition) is 1. The summed E-state index contributed by atoms with van der Waals surface area (Å²) in [5.41, 5.74) is 2.51. The van der Waals surface area contributed by atoms with Crippen LogP contribution in [0, 0.1) is 6.92 Å². The van der Waals surface area contributed by atoms with Gasteiger partial charge in [0.05, 0.1) is 20.8 Å². The Kier molecular flexibility index (Phi) is 7.30. The van der Waals surface area contributed by atoms with Gasteiger partial charge in [-0.3, -0.25) is 9.69 Å². The van der Waals surface area contributed by atoms with Crippen LogP contribution in [0.2, 0.25) is 5.02 Å². The fourth-order valence-electron chi connectivity index (χ4n) is 3.66. The van der Waals surface area contributed by atoms with E-state index >= 15 is 0 Å². The van der Waals surface area contributed by atoms with Crippen molar-refractivity contribution in [2.75, 3.05) is 14.2 Å². The van der Waals surface area contributed by atoms with Crippen molar-refractivity contribution in [2.24, 2.45) is 0 Å². The molecule has 0 atom stereocenters. The lowest BCUT2D eigenvalue weighted by atomic mass is 10.1. The number of esters is 1. The maximum Gasteiger partial charge on any atom is 0.373 e. The Morgan fingerprint density at radius 2 is 1.94 bits per heavy atom. The van der Waals surface area contributed by atoms with Crippen molar-refractivity contribution in [3.05, 3.63) is 87.5 Å². The van der Waals surface area contributed by atoms with Crippen molar-refractivity contribution in [3.63, 3.8) is 0 Å².